The van der Waals surface area contributed by atoms with Crippen LogP contribution < -0.4 is 5.73 Å². The number of rotatable bonds is 6. The maximum atomic E-state index is 9.63. The Hall–Kier alpha value is -3.15. The number of phenolic OH excluding ortho intramolecular Hbond substituents is 1. The summed E-state index contributed by atoms with van der Waals surface area (Å²) >= 11 is 0. The summed E-state index contributed by atoms with van der Waals surface area (Å²) in [6.07, 6.45) is 8.04. The van der Waals surface area contributed by atoms with Crippen molar-refractivity contribution in [3.8, 4) is 5.75 Å². The van der Waals surface area contributed by atoms with Gasteiger partial charge in [-0.3, -0.25) is 0 Å². The number of aromatic nitrogens is 4. The zero-order chi connectivity index (χ0) is 16.9. The average molecular weight is 321 g/mol. The summed E-state index contributed by atoms with van der Waals surface area (Å²) < 4.78 is 2.03. The minimum absolute atomic E-state index is 0.249. The van der Waals surface area contributed by atoms with Crippen LogP contribution in [-0.2, 0) is 19.4 Å². The van der Waals surface area contributed by atoms with Crippen LogP contribution in [0.2, 0.25) is 0 Å². The zero-order valence-corrected chi connectivity index (χ0v) is 13.3. The fourth-order valence-corrected chi connectivity index (χ4v) is 2.62. The first-order valence-electron chi connectivity index (χ1n) is 7.59. The van der Waals surface area contributed by atoms with Crippen LogP contribution in [-0.4, -0.2) is 24.6 Å². The molecule has 2 aromatic heterocycles. The molecular weight excluding hydrogens is 302 g/mol. The number of nitrogens with two attached hydrogens (primary N) is 1. The van der Waals surface area contributed by atoms with Crippen molar-refractivity contribution in [1.82, 2.24) is 19.5 Å². The van der Waals surface area contributed by atoms with E-state index in [0.29, 0.717) is 25.1 Å². The van der Waals surface area contributed by atoms with Crippen molar-refractivity contribution in [2.24, 2.45) is 5.73 Å². The average Bonchev–Trinajstić information content (AvgIpc) is 2.90. The number of benzene rings is 1. The topological polar surface area (TPSA) is 89.9 Å². The Morgan fingerprint density at radius 3 is 2.71 bits per heavy atom. The van der Waals surface area contributed by atoms with Gasteiger partial charge in [-0.25, -0.2) is 15.0 Å². The van der Waals surface area contributed by atoms with Crippen LogP contribution in [0.4, 0.5) is 0 Å². The standard InChI is InChI=1S/C18H19N5O/c1-13(19)5-18-17(7-15-8-20-11-21-9-15)22-12-23(18)10-14-3-2-4-16(24)6-14/h2-4,6,8-9,11-12,24H,1,5,7,10,19H2. The quantitative estimate of drug-likeness (QED) is 0.725. The highest BCUT2D eigenvalue weighted by Crippen LogP contribution is 2.18. The van der Waals surface area contributed by atoms with Crippen molar-refractivity contribution < 1.29 is 5.11 Å². The molecule has 2 heterocycles. The number of aromatic hydroxyl groups is 1. The van der Waals surface area contributed by atoms with Gasteiger partial charge < -0.3 is 15.4 Å². The summed E-state index contributed by atoms with van der Waals surface area (Å²) in [6, 6.07) is 7.18. The number of imidazole rings is 1. The van der Waals surface area contributed by atoms with E-state index in [4.69, 9.17) is 5.73 Å². The van der Waals surface area contributed by atoms with E-state index in [1.54, 1.807) is 30.9 Å². The molecule has 24 heavy (non-hydrogen) atoms. The number of hydrogen-bond donors (Lipinski definition) is 2. The van der Waals surface area contributed by atoms with Gasteiger partial charge in [-0.15, -0.1) is 0 Å². The molecule has 6 heteroatoms. The van der Waals surface area contributed by atoms with Crippen molar-refractivity contribution >= 4 is 0 Å². The Balaban J connectivity index is 1.90. The van der Waals surface area contributed by atoms with Crippen LogP contribution in [0, 0.1) is 0 Å². The number of allylic oxidation sites excluding steroid dienone is 1. The Labute approximate surface area is 140 Å². The second-order valence-corrected chi connectivity index (χ2v) is 5.69. The van der Waals surface area contributed by atoms with Crippen molar-refractivity contribution in [2.75, 3.05) is 0 Å². The van der Waals surface area contributed by atoms with Gasteiger partial charge in [-0.2, -0.15) is 0 Å². The third-order valence-corrected chi connectivity index (χ3v) is 3.68. The van der Waals surface area contributed by atoms with E-state index in [1.807, 2.05) is 16.7 Å². The van der Waals surface area contributed by atoms with E-state index >= 15 is 0 Å². The highest BCUT2D eigenvalue weighted by Gasteiger charge is 2.13. The third-order valence-electron chi connectivity index (χ3n) is 3.68. The Morgan fingerprint density at radius 1 is 1.21 bits per heavy atom. The molecule has 0 radical (unpaired) electrons. The maximum absolute atomic E-state index is 9.63. The lowest BCUT2D eigenvalue weighted by molar-refractivity contribution is 0.474. The van der Waals surface area contributed by atoms with Crippen LogP contribution in [0.3, 0.4) is 0 Å². The summed E-state index contributed by atoms with van der Waals surface area (Å²) in [7, 11) is 0. The number of phenols is 1. The molecule has 0 fully saturated rings. The molecule has 0 saturated heterocycles. The molecule has 0 aliphatic carbocycles. The van der Waals surface area contributed by atoms with Gasteiger partial charge in [0.15, 0.2) is 0 Å². The van der Waals surface area contributed by atoms with Crippen LogP contribution in [0.5, 0.6) is 5.75 Å². The van der Waals surface area contributed by atoms with Crippen LogP contribution in [0.1, 0.15) is 22.5 Å². The Bertz CT molecular complexity index is 842. The monoisotopic (exact) mass is 321 g/mol. The highest BCUT2D eigenvalue weighted by atomic mass is 16.3. The summed E-state index contributed by atoms with van der Waals surface area (Å²) in [5.74, 6) is 0.249. The smallest absolute Gasteiger partial charge is 0.115 e. The molecule has 3 aromatic rings. The lowest BCUT2D eigenvalue weighted by Gasteiger charge is -2.11. The third kappa shape index (κ3) is 3.78. The molecule has 3 rings (SSSR count). The van der Waals surface area contributed by atoms with Crippen molar-refractivity contribution in [3.63, 3.8) is 0 Å². The molecule has 0 saturated carbocycles. The van der Waals surface area contributed by atoms with Crippen molar-refractivity contribution in [2.45, 2.75) is 19.4 Å². The van der Waals surface area contributed by atoms with Gasteiger partial charge in [0.05, 0.1) is 12.0 Å². The van der Waals surface area contributed by atoms with E-state index in [9.17, 15) is 5.11 Å². The van der Waals surface area contributed by atoms with Gasteiger partial charge in [0.2, 0.25) is 0 Å². The summed E-state index contributed by atoms with van der Waals surface area (Å²) in [6.45, 7) is 4.42. The first kappa shape index (κ1) is 15.7. The summed E-state index contributed by atoms with van der Waals surface area (Å²) in [5.41, 5.74) is 10.3. The number of nitrogens with zero attached hydrogens (tertiary/aromatic N) is 4. The lowest BCUT2D eigenvalue weighted by Crippen LogP contribution is -2.09. The van der Waals surface area contributed by atoms with Gasteiger partial charge in [-0.1, -0.05) is 18.7 Å². The van der Waals surface area contributed by atoms with Crippen LogP contribution in [0.25, 0.3) is 0 Å². The molecule has 0 unspecified atom stereocenters. The van der Waals surface area contributed by atoms with Crippen molar-refractivity contribution in [3.05, 3.63) is 84.1 Å². The molecule has 122 valence electrons. The fraction of sp³-hybridized carbons (Fsp3) is 0.167. The summed E-state index contributed by atoms with van der Waals surface area (Å²) in [5, 5.41) is 9.63. The number of hydrogen-bond acceptors (Lipinski definition) is 5. The normalized spacial score (nSPS) is 10.7. The largest absolute Gasteiger partial charge is 0.508 e. The first-order valence-corrected chi connectivity index (χ1v) is 7.59. The van der Waals surface area contributed by atoms with E-state index in [-0.39, 0.29) is 5.75 Å². The first-order chi connectivity index (χ1) is 11.6. The molecule has 0 aliphatic heterocycles. The molecule has 0 spiro atoms. The molecule has 0 bridgehead atoms. The molecule has 3 N–H and O–H groups in total. The van der Waals surface area contributed by atoms with Gasteiger partial charge in [0.1, 0.15) is 12.1 Å². The SMILES string of the molecule is C=C(N)Cc1c(Cc2cncnc2)ncn1Cc1cccc(O)c1. The van der Waals surface area contributed by atoms with Crippen molar-refractivity contribution in [1.29, 1.82) is 0 Å². The molecule has 1 aromatic carbocycles. The predicted octanol–water partition coefficient (Wildman–Crippen LogP) is 2.03. The van der Waals surface area contributed by atoms with Crippen LogP contribution in [0.15, 0.2) is 61.6 Å². The zero-order valence-electron chi connectivity index (χ0n) is 13.3. The molecule has 0 atom stereocenters. The van der Waals surface area contributed by atoms with Gasteiger partial charge in [0, 0.05) is 43.2 Å². The molecular formula is C18H19N5O. The minimum Gasteiger partial charge on any atom is -0.508 e. The van der Waals surface area contributed by atoms with Gasteiger partial charge in [-0.05, 0) is 23.3 Å². The fourth-order valence-electron chi connectivity index (χ4n) is 2.62. The lowest BCUT2D eigenvalue weighted by atomic mass is 10.1. The second-order valence-electron chi connectivity index (χ2n) is 5.69. The molecule has 6 nitrogen and oxygen atoms in total. The molecule has 0 aliphatic rings. The predicted molar refractivity (Wildman–Crippen MR) is 91.3 cm³/mol. The minimum atomic E-state index is 0.249. The van der Waals surface area contributed by atoms with Crippen LogP contribution >= 0.6 is 0 Å². The van der Waals surface area contributed by atoms with Gasteiger partial charge >= 0.3 is 0 Å². The van der Waals surface area contributed by atoms with E-state index < -0.39 is 0 Å². The summed E-state index contributed by atoms with van der Waals surface area (Å²) in [4.78, 5) is 12.6. The maximum Gasteiger partial charge on any atom is 0.115 e. The van der Waals surface area contributed by atoms with E-state index in [1.165, 1.54) is 6.33 Å². The second kappa shape index (κ2) is 6.95. The highest BCUT2D eigenvalue weighted by molar-refractivity contribution is 5.29. The van der Waals surface area contributed by atoms with E-state index in [0.717, 1.165) is 22.5 Å². The Kier molecular flexibility index (Phi) is 4.56. The van der Waals surface area contributed by atoms with Gasteiger partial charge in [0.25, 0.3) is 0 Å². The Morgan fingerprint density at radius 2 is 2.00 bits per heavy atom. The molecule has 0 amide bonds. The van der Waals surface area contributed by atoms with E-state index in [2.05, 4.69) is 21.5 Å².